The van der Waals surface area contributed by atoms with Gasteiger partial charge in [-0.2, -0.15) is 10.2 Å². The van der Waals surface area contributed by atoms with E-state index in [1.807, 2.05) is 19.9 Å². The Kier molecular flexibility index (Phi) is 4.66. The lowest BCUT2D eigenvalue weighted by Crippen LogP contribution is -2.11. The molecule has 0 aliphatic carbocycles. The molecule has 9 heteroatoms. The number of nitrogens with two attached hydrogens (primary N) is 1. The van der Waals surface area contributed by atoms with Gasteiger partial charge in [-0.25, -0.2) is 9.37 Å². The van der Waals surface area contributed by atoms with Crippen molar-refractivity contribution in [3.63, 3.8) is 0 Å². The number of anilines is 1. The Balaban J connectivity index is 1.81. The van der Waals surface area contributed by atoms with Crippen molar-refractivity contribution >= 4 is 17.4 Å². The molecule has 2 bridgehead atoms. The van der Waals surface area contributed by atoms with E-state index < -0.39 is 6.10 Å². The number of aryl methyl sites for hydroxylation is 1. The van der Waals surface area contributed by atoms with Gasteiger partial charge in [0.15, 0.2) is 16.7 Å². The molecule has 0 saturated heterocycles. The lowest BCUT2D eigenvalue weighted by molar-refractivity contribution is 0.227. The summed E-state index contributed by atoms with van der Waals surface area (Å²) in [5.74, 6) is 0.338. The van der Waals surface area contributed by atoms with Crippen molar-refractivity contribution in [2.75, 3.05) is 5.73 Å². The quantitative estimate of drug-likeness (QED) is 0.446. The van der Waals surface area contributed by atoms with Gasteiger partial charge in [-0.05, 0) is 37.6 Å². The van der Waals surface area contributed by atoms with E-state index in [-0.39, 0.29) is 11.6 Å². The molecule has 1 aliphatic rings. The van der Waals surface area contributed by atoms with Crippen molar-refractivity contribution in [2.24, 2.45) is 0 Å². The number of H-pyrrole nitrogens is 1. The predicted molar refractivity (Wildman–Crippen MR) is 116 cm³/mol. The summed E-state index contributed by atoms with van der Waals surface area (Å²) in [7, 11) is 0. The van der Waals surface area contributed by atoms with Crippen LogP contribution in [0.15, 0.2) is 36.5 Å². The van der Waals surface area contributed by atoms with Gasteiger partial charge in [0.25, 0.3) is 0 Å². The summed E-state index contributed by atoms with van der Waals surface area (Å²) in [5.41, 5.74) is 11.8. The molecule has 0 saturated carbocycles. The van der Waals surface area contributed by atoms with Crippen LogP contribution in [0, 0.1) is 5.82 Å². The normalized spacial score (nSPS) is 15.2. The average Bonchev–Trinajstić information content (AvgIpc) is 3.32. The molecule has 0 spiro atoms. The van der Waals surface area contributed by atoms with Gasteiger partial charge >= 0.3 is 0 Å². The van der Waals surface area contributed by atoms with Crippen LogP contribution in [0.3, 0.4) is 0 Å². The van der Waals surface area contributed by atoms with E-state index >= 15 is 0 Å². The molecule has 1 aliphatic heterocycles. The molecule has 4 heterocycles. The zero-order valence-electron chi connectivity index (χ0n) is 17.0. The summed E-state index contributed by atoms with van der Waals surface area (Å²) in [4.78, 5) is 4.33. The number of nitrogens with zero attached hydrogens (tertiary/aromatic N) is 4. The van der Waals surface area contributed by atoms with Crippen molar-refractivity contribution in [3.05, 3.63) is 64.5 Å². The minimum Gasteiger partial charge on any atom is -0.482 e. The van der Waals surface area contributed by atoms with Crippen molar-refractivity contribution < 1.29 is 9.13 Å². The summed E-state index contributed by atoms with van der Waals surface area (Å²) < 4.78 is 22.2. The first-order chi connectivity index (χ1) is 14.9. The van der Waals surface area contributed by atoms with E-state index in [1.54, 1.807) is 23.0 Å². The van der Waals surface area contributed by atoms with Gasteiger partial charge in [-0.3, -0.25) is 9.78 Å². The first-order valence-electron chi connectivity index (χ1n) is 9.96. The second kappa shape index (κ2) is 7.39. The molecule has 1 aromatic carbocycles. The van der Waals surface area contributed by atoms with Crippen LogP contribution in [0.5, 0.6) is 5.75 Å². The summed E-state index contributed by atoms with van der Waals surface area (Å²) in [5, 5.41) is 12.4. The number of halogens is 2. The highest BCUT2D eigenvalue weighted by Gasteiger charge is 2.24. The highest BCUT2D eigenvalue weighted by atomic mass is 35.5. The second-order valence-electron chi connectivity index (χ2n) is 7.49. The molecule has 31 heavy (non-hydrogen) atoms. The lowest BCUT2D eigenvalue weighted by atomic mass is 9.99. The maximum absolute atomic E-state index is 14.2. The van der Waals surface area contributed by atoms with Crippen LogP contribution in [0.1, 0.15) is 36.9 Å². The summed E-state index contributed by atoms with van der Waals surface area (Å²) in [6.45, 7) is 4.28. The Hall–Kier alpha value is -3.39. The fourth-order valence-corrected chi connectivity index (χ4v) is 4.24. The Bertz CT molecular complexity index is 1300. The Morgan fingerprint density at radius 3 is 2.97 bits per heavy atom. The predicted octanol–water partition coefficient (Wildman–Crippen LogP) is 4.77. The number of fused-ring (bicyclic) bond motifs is 7. The first-order valence-corrected chi connectivity index (χ1v) is 10.3. The van der Waals surface area contributed by atoms with Crippen molar-refractivity contribution in [3.8, 4) is 28.1 Å². The third-order valence-corrected chi connectivity index (χ3v) is 5.70. The van der Waals surface area contributed by atoms with Gasteiger partial charge in [-0.15, -0.1) is 0 Å². The van der Waals surface area contributed by atoms with Crippen LogP contribution in [0.4, 0.5) is 10.2 Å². The van der Waals surface area contributed by atoms with E-state index in [1.165, 1.54) is 12.1 Å². The number of hydrogen-bond donors (Lipinski definition) is 2. The number of aromatic nitrogens is 5. The monoisotopic (exact) mass is 438 g/mol. The van der Waals surface area contributed by atoms with Crippen molar-refractivity contribution in [1.29, 1.82) is 0 Å². The second-order valence-corrected chi connectivity index (χ2v) is 7.87. The van der Waals surface area contributed by atoms with E-state index in [9.17, 15) is 4.39 Å². The maximum atomic E-state index is 14.2. The molecular formula is C22H20ClFN6O. The van der Waals surface area contributed by atoms with Gasteiger partial charge in [0, 0.05) is 34.5 Å². The Morgan fingerprint density at radius 1 is 1.32 bits per heavy atom. The fourth-order valence-electron chi connectivity index (χ4n) is 4.05. The lowest BCUT2D eigenvalue weighted by Gasteiger charge is -2.21. The molecule has 4 aromatic rings. The molecule has 0 fully saturated rings. The Morgan fingerprint density at radius 2 is 2.16 bits per heavy atom. The first kappa shape index (κ1) is 19.6. The molecule has 5 rings (SSSR count). The third-order valence-electron chi connectivity index (χ3n) is 5.51. The van der Waals surface area contributed by atoms with E-state index in [4.69, 9.17) is 22.1 Å². The molecule has 3 aromatic heterocycles. The van der Waals surface area contributed by atoms with Gasteiger partial charge in [0.2, 0.25) is 0 Å². The maximum Gasteiger partial charge on any atom is 0.166 e. The van der Waals surface area contributed by atoms with Crippen LogP contribution in [-0.4, -0.2) is 25.0 Å². The molecule has 1 atom stereocenters. The molecule has 0 radical (unpaired) electrons. The SMILES string of the molecule is CCc1n[nH]c2c1-c1cnc(N)c(c1)OC(C)c1cc(F)ccc1-c1cc(Cl)nn1C2. The minimum atomic E-state index is -0.499. The topological polar surface area (TPSA) is 94.6 Å². The minimum absolute atomic E-state index is 0.266. The third kappa shape index (κ3) is 3.33. The van der Waals surface area contributed by atoms with Gasteiger partial charge in [0.1, 0.15) is 11.9 Å². The number of benzene rings is 1. The molecule has 3 N–H and O–H groups in total. The standard InChI is InChI=1S/C22H20ClFN6O/c1-3-16-21-12-6-19(22(25)26-9-12)31-11(2)15-7-13(24)4-5-14(15)18-8-20(23)29-30(18)10-17(21)28-27-16/h4-9,11H,3,10H2,1-2H3,(H2,25,26)(H,27,28). The highest BCUT2D eigenvalue weighted by Crippen LogP contribution is 2.38. The number of ether oxygens (including phenoxy) is 1. The van der Waals surface area contributed by atoms with Crippen LogP contribution in [0.2, 0.25) is 5.15 Å². The van der Waals surface area contributed by atoms with Gasteiger partial charge in [0.05, 0.1) is 23.6 Å². The van der Waals surface area contributed by atoms with Crippen molar-refractivity contribution in [2.45, 2.75) is 32.9 Å². The van der Waals surface area contributed by atoms with Crippen LogP contribution in [0.25, 0.3) is 22.4 Å². The molecule has 1 unspecified atom stereocenters. The number of rotatable bonds is 1. The van der Waals surface area contributed by atoms with Crippen LogP contribution >= 0.6 is 11.6 Å². The number of nitrogens with one attached hydrogen (secondary N) is 1. The number of pyridine rings is 1. The summed E-state index contributed by atoms with van der Waals surface area (Å²) in [6, 6.07) is 8.20. The van der Waals surface area contributed by atoms with E-state index in [0.29, 0.717) is 23.0 Å². The average molecular weight is 439 g/mol. The van der Waals surface area contributed by atoms with Crippen LogP contribution < -0.4 is 10.5 Å². The largest absolute Gasteiger partial charge is 0.482 e. The van der Waals surface area contributed by atoms with Gasteiger partial charge in [-0.1, -0.05) is 18.5 Å². The zero-order chi connectivity index (χ0) is 21.7. The fraction of sp³-hybridized carbons (Fsp3) is 0.227. The Labute approximate surface area is 183 Å². The highest BCUT2D eigenvalue weighted by molar-refractivity contribution is 6.29. The molecular weight excluding hydrogens is 419 g/mol. The number of aromatic amines is 1. The zero-order valence-corrected chi connectivity index (χ0v) is 17.7. The van der Waals surface area contributed by atoms with Crippen molar-refractivity contribution in [1.82, 2.24) is 25.0 Å². The molecule has 158 valence electrons. The smallest absolute Gasteiger partial charge is 0.166 e. The van der Waals surface area contributed by atoms with Crippen LogP contribution in [-0.2, 0) is 13.0 Å². The van der Waals surface area contributed by atoms with E-state index in [0.717, 1.165) is 40.2 Å². The van der Waals surface area contributed by atoms with Gasteiger partial charge < -0.3 is 10.5 Å². The summed E-state index contributed by atoms with van der Waals surface area (Å²) >= 11 is 6.29. The molecule has 0 amide bonds. The number of nitrogen functional groups attached to an aromatic ring is 1. The number of hydrogen-bond acceptors (Lipinski definition) is 5. The molecule has 7 nitrogen and oxygen atoms in total. The van der Waals surface area contributed by atoms with E-state index in [2.05, 4.69) is 20.3 Å². The summed E-state index contributed by atoms with van der Waals surface area (Å²) in [6.07, 6.45) is 1.94.